The highest BCUT2D eigenvalue weighted by molar-refractivity contribution is 7.18. The van der Waals surface area contributed by atoms with Gasteiger partial charge in [-0.25, -0.2) is 13.8 Å². The fourth-order valence-electron chi connectivity index (χ4n) is 3.19. The summed E-state index contributed by atoms with van der Waals surface area (Å²) in [6.45, 7) is 5.81. The lowest BCUT2D eigenvalue weighted by atomic mass is 10.2. The van der Waals surface area contributed by atoms with Gasteiger partial charge in [-0.2, -0.15) is 15.0 Å². The van der Waals surface area contributed by atoms with Crippen LogP contribution in [0, 0.1) is 18.6 Å². The zero-order chi connectivity index (χ0) is 21.1. The van der Waals surface area contributed by atoms with E-state index in [1.165, 1.54) is 17.4 Å². The maximum atomic E-state index is 13.5. The van der Waals surface area contributed by atoms with E-state index in [0.717, 1.165) is 38.3 Å². The SMILES string of the molecule is Cc1nc(Nc2ncc(-c3ccc(F)c(F)c3)s2)nc(N2CCN(CCO)CC2)n1. The number of aliphatic hydroxyl groups is 1. The van der Waals surface area contributed by atoms with Crippen molar-refractivity contribution in [1.82, 2.24) is 24.8 Å². The summed E-state index contributed by atoms with van der Waals surface area (Å²) in [5.41, 5.74) is 0.549. The number of halogens is 2. The quantitative estimate of drug-likeness (QED) is 0.613. The largest absolute Gasteiger partial charge is 0.395 e. The minimum atomic E-state index is -0.896. The average Bonchev–Trinajstić information content (AvgIpc) is 3.19. The number of hydrogen-bond donors (Lipinski definition) is 2. The second kappa shape index (κ2) is 8.94. The molecule has 2 aromatic heterocycles. The van der Waals surface area contributed by atoms with Crippen LogP contribution in [0.2, 0.25) is 0 Å². The van der Waals surface area contributed by atoms with E-state index in [1.807, 2.05) is 0 Å². The summed E-state index contributed by atoms with van der Waals surface area (Å²) in [6, 6.07) is 3.75. The van der Waals surface area contributed by atoms with E-state index in [4.69, 9.17) is 5.11 Å². The van der Waals surface area contributed by atoms with Crippen molar-refractivity contribution in [2.75, 3.05) is 49.5 Å². The number of aryl methyl sites for hydroxylation is 1. The predicted octanol–water partition coefficient (Wildman–Crippen LogP) is 2.44. The summed E-state index contributed by atoms with van der Waals surface area (Å²) in [6.07, 6.45) is 1.59. The Hall–Kier alpha value is -2.76. The van der Waals surface area contributed by atoms with Crippen LogP contribution >= 0.6 is 11.3 Å². The molecule has 11 heteroatoms. The molecular weight excluding hydrogens is 412 g/mol. The highest BCUT2D eigenvalue weighted by Gasteiger charge is 2.20. The molecule has 0 radical (unpaired) electrons. The van der Waals surface area contributed by atoms with Crippen molar-refractivity contribution in [2.45, 2.75) is 6.92 Å². The van der Waals surface area contributed by atoms with Crippen LogP contribution in [0.3, 0.4) is 0 Å². The Bertz CT molecular complexity index is 1020. The topological polar surface area (TPSA) is 90.3 Å². The Morgan fingerprint density at radius 2 is 1.90 bits per heavy atom. The molecule has 0 atom stereocenters. The molecule has 0 spiro atoms. The van der Waals surface area contributed by atoms with Crippen molar-refractivity contribution < 1.29 is 13.9 Å². The number of thiazole rings is 1. The third-order valence-electron chi connectivity index (χ3n) is 4.74. The Morgan fingerprint density at radius 3 is 2.63 bits per heavy atom. The number of anilines is 3. The van der Waals surface area contributed by atoms with Gasteiger partial charge in [0.1, 0.15) is 5.82 Å². The van der Waals surface area contributed by atoms with Crippen molar-refractivity contribution in [3.8, 4) is 10.4 Å². The van der Waals surface area contributed by atoms with E-state index >= 15 is 0 Å². The van der Waals surface area contributed by atoms with E-state index in [1.54, 1.807) is 13.1 Å². The molecule has 1 saturated heterocycles. The zero-order valence-corrected chi connectivity index (χ0v) is 17.2. The van der Waals surface area contributed by atoms with Gasteiger partial charge in [0.15, 0.2) is 16.8 Å². The number of rotatable bonds is 6. The first kappa shape index (κ1) is 20.5. The molecule has 1 aromatic carbocycles. The second-order valence-corrected chi connectivity index (χ2v) is 7.87. The third-order valence-corrected chi connectivity index (χ3v) is 5.70. The smallest absolute Gasteiger partial charge is 0.234 e. The van der Waals surface area contributed by atoms with Gasteiger partial charge in [0, 0.05) is 38.9 Å². The molecule has 0 amide bonds. The van der Waals surface area contributed by atoms with Crippen molar-refractivity contribution >= 4 is 28.4 Å². The lowest BCUT2D eigenvalue weighted by molar-refractivity contribution is 0.188. The third kappa shape index (κ3) is 4.69. The van der Waals surface area contributed by atoms with Gasteiger partial charge in [0.25, 0.3) is 0 Å². The Kier molecular flexibility index (Phi) is 6.11. The molecule has 158 valence electrons. The van der Waals surface area contributed by atoms with Gasteiger partial charge in [-0.15, -0.1) is 0 Å². The second-order valence-electron chi connectivity index (χ2n) is 6.84. The molecule has 1 aliphatic rings. The van der Waals surface area contributed by atoms with Crippen molar-refractivity contribution in [3.63, 3.8) is 0 Å². The first-order chi connectivity index (χ1) is 14.5. The summed E-state index contributed by atoms with van der Waals surface area (Å²) in [4.78, 5) is 22.6. The number of piperazine rings is 1. The normalized spacial score (nSPS) is 14.9. The van der Waals surface area contributed by atoms with Gasteiger partial charge in [-0.05, 0) is 24.6 Å². The molecular formula is C19H21F2N7OS. The number of nitrogens with zero attached hydrogens (tertiary/aromatic N) is 6. The molecule has 1 aliphatic heterocycles. The Labute approximate surface area is 176 Å². The average molecular weight is 433 g/mol. The van der Waals surface area contributed by atoms with Crippen molar-refractivity contribution in [2.24, 2.45) is 0 Å². The monoisotopic (exact) mass is 433 g/mol. The predicted molar refractivity (Wildman–Crippen MR) is 111 cm³/mol. The van der Waals surface area contributed by atoms with Crippen LogP contribution in [0.15, 0.2) is 24.4 Å². The van der Waals surface area contributed by atoms with Crippen LogP contribution in [-0.2, 0) is 0 Å². The van der Waals surface area contributed by atoms with Crippen molar-refractivity contribution in [1.29, 1.82) is 0 Å². The molecule has 2 N–H and O–H groups in total. The highest BCUT2D eigenvalue weighted by atomic mass is 32.1. The lowest BCUT2D eigenvalue weighted by Gasteiger charge is -2.34. The highest BCUT2D eigenvalue weighted by Crippen LogP contribution is 2.31. The van der Waals surface area contributed by atoms with Crippen LogP contribution in [0.1, 0.15) is 5.82 Å². The Morgan fingerprint density at radius 1 is 1.10 bits per heavy atom. The van der Waals surface area contributed by atoms with Gasteiger partial charge >= 0.3 is 0 Å². The fourth-order valence-corrected chi connectivity index (χ4v) is 3.99. The first-order valence-electron chi connectivity index (χ1n) is 9.51. The van der Waals surface area contributed by atoms with E-state index in [0.29, 0.717) is 39.8 Å². The number of hydrogen-bond acceptors (Lipinski definition) is 9. The summed E-state index contributed by atoms with van der Waals surface area (Å²) >= 11 is 1.29. The summed E-state index contributed by atoms with van der Waals surface area (Å²) in [5.74, 6) is -0.232. The molecule has 30 heavy (non-hydrogen) atoms. The van der Waals surface area contributed by atoms with Gasteiger partial charge in [0.05, 0.1) is 11.5 Å². The molecule has 1 fully saturated rings. The molecule has 0 aliphatic carbocycles. The van der Waals surface area contributed by atoms with Crippen LogP contribution in [0.25, 0.3) is 10.4 Å². The Balaban J connectivity index is 1.48. The standard InChI is InChI=1S/C19H21F2N7OS/c1-12-23-17(25-18(24-12)28-6-4-27(5-7-28)8-9-29)26-19-22-11-16(30-19)13-2-3-14(20)15(21)10-13/h2-3,10-11,29H,4-9H2,1H3,(H,22,23,24,25,26). The maximum Gasteiger partial charge on any atom is 0.234 e. The molecule has 8 nitrogen and oxygen atoms in total. The van der Waals surface area contributed by atoms with Crippen LogP contribution in [0.4, 0.5) is 25.8 Å². The minimum absolute atomic E-state index is 0.152. The number of β-amino-alcohol motifs (C(OH)–C–C–N with tert-alkyl or cyclic N) is 1. The minimum Gasteiger partial charge on any atom is -0.395 e. The van der Waals surface area contributed by atoms with E-state index in [2.05, 4.69) is 35.1 Å². The molecule has 3 aromatic rings. The number of nitrogens with one attached hydrogen (secondary N) is 1. The molecule has 0 unspecified atom stereocenters. The van der Waals surface area contributed by atoms with Gasteiger partial charge in [-0.1, -0.05) is 17.4 Å². The number of aliphatic hydroxyl groups excluding tert-OH is 1. The van der Waals surface area contributed by atoms with Crippen molar-refractivity contribution in [3.05, 3.63) is 41.9 Å². The molecule has 4 rings (SSSR count). The van der Waals surface area contributed by atoms with E-state index in [9.17, 15) is 8.78 Å². The zero-order valence-electron chi connectivity index (χ0n) is 16.3. The molecule has 3 heterocycles. The summed E-state index contributed by atoms with van der Waals surface area (Å²) in [5, 5.41) is 12.7. The fraction of sp³-hybridized carbons (Fsp3) is 0.368. The van der Waals surface area contributed by atoms with Gasteiger partial charge in [-0.3, -0.25) is 10.2 Å². The van der Waals surface area contributed by atoms with E-state index < -0.39 is 11.6 Å². The maximum absolute atomic E-state index is 13.5. The molecule has 0 bridgehead atoms. The lowest BCUT2D eigenvalue weighted by Crippen LogP contribution is -2.47. The van der Waals surface area contributed by atoms with Gasteiger partial charge in [0.2, 0.25) is 11.9 Å². The first-order valence-corrected chi connectivity index (χ1v) is 10.3. The number of aromatic nitrogens is 4. The van der Waals surface area contributed by atoms with Gasteiger partial charge < -0.3 is 10.0 Å². The number of benzene rings is 1. The van der Waals surface area contributed by atoms with E-state index in [-0.39, 0.29) is 6.61 Å². The summed E-state index contributed by atoms with van der Waals surface area (Å²) in [7, 11) is 0. The summed E-state index contributed by atoms with van der Waals surface area (Å²) < 4.78 is 26.7. The van der Waals surface area contributed by atoms with Crippen LogP contribution in [0.5, 0.6) is 0 Å². The molecule has 0 saturated carbocycles. The van der Waals surface area contributed by atoms with Crippen LogP contribution < -0.4 is 10.2 Å². The van der Waals surface area contributed by atoms with Crippen LogP contribution in [-0.4, -0.2) is 69.3 Å².